The lowest BCUT2D eigenvalue weighted by Crippen LogP contribution is -2.42. The maximum absolute atomic E-state index is 8.93. The second-order valence-electron chi connectivity index (χ2n) is 6.08. The minimum Gasteiger partial charge on any atom is -0.543 e. The molecule has 0 atom stereocenters. The minimum absolute atomic E-state index is 0.653. The van der Waals surface area contributed by atoms with Gasteiger partial charge in [-0.3, -0.25) is 0 Å². The van der Waals surface area contributed by atoms with E-state index in [1.165, 1.54) is 0 Å². The molecule has 0 amide bonds. The molecule has 0 aliphatic rings. The Hall–Kier alpha value is -3.66. The van der Waals surface area contributed by atoms with E-state index in [-0.39, 0.29) is 0 Å². The van der Waals surface area contributed by atoms with Crippen LogP contribution in [0.5, 0.6) is 0 Å². The molecule has 0 aliphatic heterocycles. The molecule has 0 aliphatic carbocycles. The molecule has 0 unspecified atom stereocenters. The lowest BCUT2D eigenvalue weighted by molar-refractivity contribution is -0.458. The summed E-state index contributed by atoms with van der Waals surface area (Å²) in [7, 11) is 15.1. The van der Waals surface area contributed by atoms with E-state index < -0.39 is 11.9 Å². The fourth-order valence-electron chi connectivity index (χ4n) is 1.29. The van der Waals surface area contributed by atoms with Crippen LogP contribution in [-0.2, 0) is 9.59 Å². The molecule has 0 saturated heterocycles. The quantitative estimate of drug-likeness (QED) is 0.214. The average Bonchev–Trinajstić information content (AvgIpc) is 2.52. The van der Waals surface area contributed by atoms with Crippen LogP contribution in [0.25, 0.3) is 0 Å². The molecule has 0 radical (unpaired) electrons. The van der Waals surface area contributed by atoms with Gasteiger partial charge in [-0.2, -0.15) is 10.5 Å². The van der Waals surface area contributed by atoms with Crippen molar-refractivity contribution in [2.75, 3.05) is 56.4 Å². The van der Waals surface area contributed by atoms with Crippen LogP contribution in [0.4, 0.5) is 0 Å². The second-order valence-corrected chi connectivity index (χ2v) is 6.08. The predicted octanol–water partition coefficient (Wildman–Crippen LogP) is -2.92. The number of rotatable bonds is 4. The van der Waals surface area contributed by atoms with Crippen LogP contribution in [0.15, 0.2) is 23.5 Å². The summed E-state index contributed by atoms with van der Waals surface area (Å²) in [4.78, 5) is 21.5. The Labute approximate surface area is 166 Å². The molecule has 0 spiro atoms. The van der Waals surface area contributed by atoms with Gasteiger partial charge in [-0.05, 0) is 0 Å². The first kappa shape index (κ1) is 29.1. The molecule has 0 heterocycles. The summed E-state index contributed by atoms with van der Waals surface area (Å²) in [6.45, 7) is 0. The summed E-state index contributed by atoms with van der Waals surface area (Å²) in [5.74, 6) is -4.37. The van der Waals surface area contributed by atoms with Crippen molar-refractivity contribution in [2.24, 2.45) is 0 Å². The summed E-state index contributed by atoms with van der Waals surface area (Å²) in [6, 6.07) is 4.17. The van der Waals surface area contributed by atoms with E-state index in [1.807, 2.05) is 75.3 Å². The van der Waals surface area contributed by atoms with Crippen molar-refractivity contribution in [3.63, 3.8) is 0 Å². The van der Waals surface area contributed by atoms with E-state index >= 15 is 0 Å². The molecule has 0 N–H and O–H groups in total. The van der Waals surface area contributed by atoms with Crippen molar-refractivity contribution >= 4 is 24.4 Å². The number of carbonyl (C=O) groups is 2. The number of carboxylic acids is 2. The van der Waals surface area contributed by atoms with Crippen molar-refractivity contribution in [3.05, 3.63) is 23.5 Å². The van der Waals surface area contributed by atoms with E-state index in [0.29, 0.717) is 11.1 Å². The number of carboxylic acid groups (broad SMARTS) is 2. The number of hydrogen-bond donors (Lipinski definition) is 0. The van der Waals surface area contributed by atoms with Crippen LogP contribution in [0.1, 0.15) is 0 Å². The van der Waals surface area contributed by atoms with Gasteiger partial charge in [-0.25, -0.2) is 9.15 Å². The Morgan fingerprint density at radius 1 is 0.750 bits per heavy atom. The van der Waals surface area contributed by atoms with Crippen molar-refractivity contribution in [2.45, 2.75) is 0 Å². The van der Waals surface area contributed by atoms with Gasteiger partial charge in [0.15, 0.2) is 12.4 Å². The molecule has 0 aromatic heterocycles. The molecular formula is C18H28N6O4. The van der Waals surface area contributed by atoms with Gasteiger partial charge in [0.2, 0.25) is 0 Å². The largest absolute Gasteiger partial charge is 0.543 e. The minimum atomic E-state index is -2.19. The van der Waals surface area contributed by atoms with Crippen LogP contribution in [-0.4, -0.2) is 99.7 Å². The lowest BCUT2D eigenvalue weighted by atomic mass is 10.3. The molecular weight excluding hydrogens is 364 g/mol. The molecule has 0 bridgehead atoms. The standard InChI is InChI=1S/2C8H14N3.C2H2O4/c2*1-10(2)6-8(5-9)7-11(3)4;3-1(4)2(5)6/h2*6-7H,1-4H3;(H,3,4)(H,5,6)/q2*+1;/p-2. The molecule has 28 heavy (non-hydrogen) atoms. The van der Waals surface area contributed by atoms with Crippen LogP contribution < -0.4 is 10.2 Å². The van der Waals surface area contributed by atoms with E-state index in [2.05, 4.69) is 12.1 Å². The van der Waals surface area contributed by atoms with Crippen molar-refractivity contribution < 1.29 is 29.0 Å². The maximum atomic E-state index is 8.93. The Morgan fingerprint density at radius 2 is 1.00 bits per heavy atom. The highest BCUT2D eigenvalue weighted by molar-refractivity contribution is 6.25. The van der Waals surface area contributed by atoms with Gasteiger partial charge in [0.1, 0.15) is 51.5 Å². The Morgan fingerprint density at radius 3 is 1.11 bits per heavy atom. The van der Waals surface area contributed by atoms with Gasteiger partial charge in [-0.15, -0.1) is 0 Å². The lowest BCUT2D eigenvalue weighted by Gasteiger charge is -2.02. The molecule has 0 aromatic rings. The highest BCUT2D eigenvalue weighted by Gasteiger charge is 1.95. The second kappa shape index (κ2) is 16.8. The average molecular weight is 392 g/mol. The van der Waals surface area contributed by atoms with Gasteiger partial charge in [0.05, 0.1) is 11.9 Å². The summed E-state index contributed by atoms with van der Waals surface area (Å²) in [5, 5.41) is 35.1. The highest BCUT2D eigenvalue weighted by atomic mass is 16.4. The number of aliphatic carboxylic acids is 2. The van der Waals surface area contributed by atoms with Crippen LogP contribution in [0.3, 0.4) is 0 Å². The summed E-state index contributed by atoms with van der Waals surface area (Å²) in [5.41, 5.74) is 1.31. The topological polar surface area (TPSA) is 140 Å². The number of nitriles is 2. The van der Waals surface area contributed by atoms with Gasteiger partial charge in [0.25, 0.3) is 0 Å². The SMILES string of the molecule is CN(C)C=C(C#N)C=[N+](C)C.CN(C)C=C(C#N)C=[N+](C)C.O=C([O-])C(=O)[O-]. The number of hydrogen-bond acceptors (Lipinski definition) is 8. The Balaban J connectivity index is -0.000000351. The van der Waals surface area contributed by atoms with Crippen LogP contribution >= 0.6 is 0 Å². The molecule has 0 rings (SSSR count). The fourth-order valence-corrected chi connectivity index (χ4v) is 1.29. The first-order valence-corrected chi connectivity index (χ1v) is 7.78. The van der Waals surface area contributed by atoms with Gasteiger partial charge >= 0.3 is 0 Å². The first-order chi connectivity index (χ1) is 12.8. The first-order valence-electron chi connectivity index (χ1n) is 7.78. The number of allylic oxidation sites excluding steroid dienone is 2. The zero-order valence-electron chi connectivity index (χ0n) is 17.6. The predicted molar refractivity (Wildman–Crippen MR) is 101 cm³/mol. The van der Waals surface area contributed by atoms with Crippen LogP contribution in [0, 0.1) is 22.7 Å². The summed E-state index contributed by atoms with van der Waals surface area (Å²) in [6.07, 6.45) is 7.11. The van der Waals surface area contributed by atoms with Gasteiger partial charge in [0, 0.05) is 40.6 Å². The summed E-state index contributed by atoms with van der Waals surface area (Å²) < 4.78 is 3.69. The third-order valence-corrected chi connectivity index (χ3v) is 2.01. The van der Waals surface area contributed by atoms with E-state index in [0.717, 1.165) is 0 Å². The van der Waals surface area contributed by atoms with Crippen molar-refractivity contribution in [1.29, 1.82) is 10.5 Å². The Bertz CT molecular complexity index is 649. The van der Waals surface area contributed by atoms with Crippen molar-refractivity contribution in [3.8, 4) is 12.1 Å². The van der Waals surface area contributed by atoms with Gasteiger partial charge < -0.3 is 29.6 Å². The molecule has 154 valence electrons. The summed E-state index contributed by atoms with van der Waals surface area (Å²) >= 11 is 0. The highest BCUT2D eigenvalue weighted by Crippen LogP contribution is 1.89. The third-order valence-electron chi connectivity index (χ3n) is 2.01. The maximum Gasteiger partial charge on any atom is 0.182 e. The smallest absolute Gasteiger partial charge is 0.182 e. The molecule has 10 heteroatoms. The van der Waals surface area contributed by atoms with Crippen molar-refractivity contribution in [1.82, 2.24) is 9.80 Å². The third kappa shape index (κ3) is 24.6. The normalized spacial score (nSPS) is 9.64. The zero-order chi connectivity index (χ0) is 22.9. The molecule has 0 aromatic carbocycles. The Kier molecular flexibility index (Phi) is 17.5. The molecule has 10 nitrogen and oxygen atoms in total. The zero-order valence-corrected chi connectivity index (χ0v) is 17.6. The van der Waals surface area contributed by atoms with E-state index in [4.69, 9.17) is 30.3 Å². The van der Waals surface area contributed by atoms with Crippen LogP contribution in [0.2, 0.25) is 0 Å². The monoisotopic (exact) mass is 392 g/mol. The number of nitrogens with zero attached hydrogens (tertiary/aromatic N) is 6. The fraction of sp³-hybridized carbons (Fsp3) is 0.444. The van der Waals surface area contributed by atoms with E-state index in [1.54, 1.807) is 24.8 Å². The number of carbonyl (C=O) groups excluding carboxylic acids is 2. The molecule has 0 fully saturated rings. The molecule has 0 saturated carbocycles. The van der Waals surface area contributed by atoms with Gasteiger partial charge in [-0.1, -0.05) is 0 Å². The van der Waals surface area contributed by atoms with E-state index in [9.17, 15) is 0 Å².